The zero-order chi connectivity index (χ0) is 28.9. The molecule has 1 amide bonds. The Bertz CT molecular complexity index is 1440. The number of thiazole rings is 1. The van der Waals surface area contributed by atoms with Gasteiger partial charge in [0.25, 0.3) is 5.91 Å². The average Bonchev–Trinajstić information content (AvgIpc) is 3.63. The van der Waals surface area contributed by atoms with Gasteiger partial charge in [-0.15, -0.1) is 11.3 Å². The molecule has 2 aromatic heterocycles. The second-order valence-corrected chi connectivity index (χ2v) is 12.7. The van der Waals surface area contributed by atoms with Gasteiger partial charge in [-0.2, -0.15) is 0 Å². The van der Waals surface area contributed by atoms with Crippen LogP contribution in [0.2, 0.25) is 0 Å². The van der Waals surface area contributed by atoms with Gasteiger partial charge in [0, 0.05) is 11.8 Å². The molecule has 1 saturated carbocycles. The van der Waals surface area contributed by atoms with Crippen molar-refractivity contribution in [1.82, 2.24) is 25.2 Å². The number of amides is 1. The molecule has 1 aromatic carbocycles. The molecule has 1 atom stereocenters. The Morgan fingerprint density at radius 3 is 2.65 bits per heavy atom. The van der Waals surface area contributed by atoms with Crippen molar-refractivity contribution < 1.29 is 26.7 Å². The van der Waals surface area contributed by atoms with Crippen LogP contribution in [0.4, 0.5) is 14.5 Å². The molecule has 4 rings (SSSR count). The number of rotatable bonds is 12. The largest absolute Gasteiger partial charge is 0.477 e. The molecule has 2 N–H and O–H groups in total. The molecule has 0 bridgehead atoms. The van der Waals surface area contributed by atoms with E-state index in [0.717, 1.165) is 36.3 Å². The molecule has 2 heterocycles. The molecular formula is C26H32F2N6O4S2. The Kier molecular flexibility index (Phi) is 9.64. The van der Waals surface area contributed by atoms with E-state index in [1.54, 1.807) is 14.1 Å². The summed E-state index contributed by atoms with van der Waals surface area (Å²) in [5.41, 5.74) is -0.309. The molecule has 0 radical (unpaired) electrons. The maximum absolute atomic E-state index is 15.7. The fourth-order valence-electron chi connectivity index (χ4n) is 4.48. The summed E-state index contributed by atoms with van der Waals surface area (Å²) in [6, 6.07) is 0.973. The van der Waals surface area contributed by atoms with E-state index >= 15 is 8.78 Å². The van der Waals surface area contributed by atoms with Gasteiger partial charge >= 0.3 is 0 Å². The van der Waals surface area contributed by atoms with Gasteiger partial charge in [0.2, 0.25) is 15.9 Å². The summed E-state index contributed by atoms with van der Waals surface area (Å²) in [6.45, 7) is 2.63. The highest BCUT2D eigenvalue weighted by Gasteiger charge is 2.31. The van der Waals surface area contributed by atoms with E-state index in [9.17, 15) is 13.2 Å². The highest BCUT2D eigenvalue weighted by Crippen LogP contribution is 2.32. The Labute approximate surface area is 236 Å². The highest BCUT2D eigenvalue weighted by molar-refractivity contribution is 7.93. The predicted molar refractivity (Wildman–Crippen MR) is 149 cm³/mol. The fourth-order valence-corrected chi connectivity index (χ4v) is 6.84. The van der Waals surface area contributed by atoms with E-state index in [1.807, 2.05) is 11.8 Å². The minimum absolute atomic E-state index is 0.0624. The van der Waals surface area contributed by atoms with Gasteiger partial charge in [-0.1, -0.05) is 12.8 Å². The summed E-state index contributed by atoms with van der Waals surface area (Å²) < 4.78 is 64.1. The van der Waals surface area contributed by atoms with Crippen LogP contribution in [0.15, 0.2) is 30.7 Å². The molecule has 1 aliphatic rings. The smallest absolute Gasteiger partial charge is 0.280 e. The monoisotopic (exact) mass is 594 g/mol. The van der Waals surface area contributed by atoms with Crippen molar-refractivity contribution in [2.75, 3.05) is 32.0 Å². The maximum atomic E-state index is 15.7. The van der Waals surface area contributed by atoms with Crippen molar-refractivity contribution in [3.63, 3.8) is 0 Å². The molecule has 14 heteroatoms. The zero-order valence-electron chi connectivity index (χ0n) is 22.5. The average molecular weight is 595 g/mol. The van der Waals surface area contributed by atoms with E-state index in [2.05, 4.69) is 25.0 Å². The molecule has 0 unspecified atom stereocenters. The SMILES string of the molecule is CCOc1cncc(-c2cnc(C(=O)N[C@@H](CCN(C)C)c3c(F)ccc(NS(=O)(=O)C4CCCC4)c3F)s2)n1. The van der Waals surface area contributed by atoms with Gasteiger partial charge in [0.05, 0.1) is 40.9 Å². The van der Waals surface area contributed by atoms with Gasteiger partial charge in [0.15, 0.2) is 10.8 Å². The van der Waals surface area contributed by atoms with Gasteiger partial charge in [-0.3, -0.25) is 14.5 Å². The van der Waals surface area contributed by atoms with Crippen molar-refractivity contribution >= 4 is 33.0 Å². The molecule has 1 fully saturated rings. The first-order valence-corrected chi connectivity index (χ1v) is 15.3. The lowest BCUT2D eigenvalue weighted by Gasteiger charge is -2.23. The van der Waals surface area contributed by atoms with E-state index in [0.29, 0.717) is 42.4 Å². The van der Waals surface area contributed by atoms with Crippen LogP contribution in [0.1, 0.15) is 60.4 Å². The fraction of sp³-hybridized carbons (Fsp3) is 0.462. The number of hydrogen-bond donors (Lipinski definition) is 2. The lowest BCUT2D eigenvalue weighted by atomic mass is 10.0. The third-order valence-corrected chi connectivity index (χ3v) is 9.37. The van der Waals surface area contributed by atoms with Crippen molar-refractivity contribution in [3.8, 4) is 16.5 Å². The van der Waals surface area contributed by atoms with Crippen LogP contribution in [-0.4, -0.2) is 66.7 Å². The summed E-state index contributed by atoms with van der Waals surface area (Å²) in [5, 5.41) is 2.13. The third-order valence-electron chi connectivity index (χ3n) is 6.50. The quantitative estimate of drug-likeness (QED) is 0.316. The van der Waals surface area contributed by atoms with Crippen LogP contribution in [-0.2, 0) is 10.0 Å². The first-order valence-electron chi connectivity index (χ1n) is 12.9. The number of aromatic nitrogens is 3. The van der Waals surface area contributed by atoms with Crippen LogP contribution in [0.3, 0.4) is 0 Å². The Morgan fingerprint density at radius 1 is 1.20 bits per heavy atom. The summed E-state index contributed by atoms with van der Waals surface area (Å²) in [7, 11) is -0.262. The number of carbonyl (C=O) groups is 1. The first-order chi connectivity index (χ1) is 19.1. The Balaban J connectivity index is 1.60. The summed E-state index contributed by atoms with van der Waals surface area (Å²) in [4.78, 5) is 28.2. The van der Waals surface area contributed by atoms with Crippen LogP contribution in [0, 0.1) is 11.6 Å². The lowest BCUT2D eigenvalue weighted by molar-refractivity contribution is 0.0931. The van der Waals surface area contributed by atoms with E-state index < -0.39 is 44.4 Å². The van der Waals surface area contributed by atoms with Crippen LogP contribution >= 0.6 is 11.3 Å². The van der Waals surface area contributed by atoms with E-state index in [1.165, 1.54) is 18.6 Å². The molecule has 3 aromatic rings. The lowest BCUT2D eigenvalue weighted by Crippen LogP contribution is -2.32. The Hall–Kier alpha value is -3.23. The van der Waals surface area contributed by atoms with Crippen LogP contribution < -0.4 is 14.8 Å². The zero-order valence-corrected chi connectivity index (χ0v) is 24.1. The number of ether oxygens (including phenoxy) is 1. The minimum Gasteiger partial charge on any atom is -0.477 e. The normalized spacial score (nSPS) is 14.8. The van der Waals surface area contributed by atoms with Crippen molar-refractivity contribution in [3.05, 3.63) is 52.9 Å². The molecule has 10 nitrogen and oxygen atoms in total. The van der Waals surface area contributed by atoms with Gasteiger partial charge < -0.3 is 15.0 Å². The number of hydrogen-bond acceptors (Lipinski definition) is 9. The first kappa shape index (κ1) is 29.7. The van der Waals surface area contributed by atoms with Crippen LogP contribution in [0.5, 0.6) is 5.88 Å². The molecule has 1 aliphatic carbocycles. The molecule has 0 spiro atoms. The van der Waals surface area contributed by atoms with E-state index in [-0.39, 0.29) is 17.1 Å². The van der Waals surface area contributed by atoms with Crippen molar-refractivity contribution in [1.29, 1.82) is 0 Å². The molecule has 216 valence electrons. The predicted octanol–water partition coefficient (Wildman–Crippen LogP) is 4.38. The summed E-state index contributed by atoms with van der Waals surface area (Å²) in [6.07, 6.45) is 7.16. The number of anilines is 1. The summed E-state index contributed by atoms with van der Waals surface area (Å²) >= 11 is 1.05. The molecular weight excluding hydrogens is 562 g/mol. The van der Waals surface area contributed by atoms with E-state index in [4.69, 9.17) is 4.74 Å². The van der Waals surface area contributed by atoms with Crippen LogP contribution in [0.25, 0.3) is 10.6 Å². The highest BCUT2D eigenvalue weighted by atomic mass is 32.2. The molecule has 0 aliphatic heterocycles. The second-order valence-electron chi connectivity index (χ2n) is 9.70. The number of halogens is 2. The van der Waals surface area contributed by atoms with Gasteiger partial charge in [0.1, 0.15) is 11.5 Å². The van der Waals surface area contributed by atoms with Gasteiger partial charge in [-0.25, -0.2) is 27.2 Å². The van der Waals surface area contributed by atoms with Gasteiger partial charge in [-0.05, 0) is 59.0 Å². The minimum atomic E-state index is -3.85. The number of benzene rings is 1. The Morgan fingerprint density at radius 2 is 1.95 bits per heavy atom. The van der Waals surface area contributed by atoms with Crippen molar-refractivity contribution in [2.24, 2.45) is 0 Å². The number of carbonyl (C=O) groups excluding carboxylic acids is 1. The maximum Gasteiger partial charge on any atom is 0.280 e. The molecule has 40 heavy (non-hydrogen) atoms. The summed E-state index contributed by atoms with van der Waals surface area (Å²) in [5.74, 6) is -2.26. The number of nitrogens with one attached hydrogen (secondary N) is 2. The van der Waals surface area contributed by atoms with Crippen molar-refractivity contribution in [2.45, 2.75) is 50.3 Å². The standard InChI is InChI=1S/C26H32F2N6O4S2/c1-4-38-22-15-29-13-20(31-22)21-14-30-26(39-21)25(35)32-18(11-12-34(2)3)23-17(27)9-10-19(24(23)28)33-40(36,37)16-7-5-6-8-16/h9-10,13-16,18,33H,4-8,11-12H2,1-3H3,(H,32,35)/t18-/m0/s1. The third kappa shape index (κ3) is 7.09. The second kappa shape index (κ2) is 13.0. The number of nitrogens with zero attached hydrogens (tertiary/aromatic N) is 4. The number of sulfonamides is 1. The topological polar surface area (TPSA) is 126 Å². The molecule has 0 saturated heterocycles.